The fraction of sp³-hybridized carbons (Fsp3) is 0.421. The molecule has 0 saturated carbocycles. The lowest BCUT2D eigenvalue weighted by Crippen LogP contribution is -2.50. The van der Waals surface area contributed by atoms with Crippen molar-refractivity contribution in [3.05, 3.63) is 35.6 Å². The van der Waals surface area contributed by atoms with Crippen LogP contribution in [0.3, 0.4) is 0 Å². The van der Waals surface area contributed by atoms with Crippen molar-refractivity contribution in [1.29, 1.82) is 0 Å². The third kappa shape index (κ3) is 3.80. The fourth-order valence-electron chi connectivity index (χ4n) is 3.12. The van der Waals surface area contributed by atoms with E-state index >= 15 is 0 Å². The molecule has 1 atom stereocenters. The van der Waals surface area contributed by atoms with Crippen molar-refractivity contribution >= 4 is 11.8 Å². The van der Waals surface area contributed by atoms with E-state index in [1.807, 2.05) is 0 Å². The van der Waals surface area contributed by atoms with E-state index in [-0.39, 0.29) is 23.1 Å². The summed E-state index contributed by atoms with van der Waals surface area (Å²) in [7, 11) is 1.58. The Labute approximate surface area is 157 Å². The molecule has 27 heavy (non-hydrogen) atoms. The minimum absolute atomic E-state index is 0.00401. The van der Waals surface area contributed by atoms with Gasteiger partial charge < -0.3 is 24.2 Å². The second-order valence-corrected chi connectivity index (χ2v) is 6.47. The van der Waals surface area contributed by atoms with Crippen molar-refractivity contribution in [3.8, 4) is 17.0 Å². The average molecular weight is 373 g/mol. The minimum Gasteiger partial charge on any atom is -0.497 e. The third-order valence-electron chi connectivity index (χ3n) is 4.69. The highest BCUT2D eigenvalue weighted by atomic mass is 16.5. The average Bonchev–Trinajstić information content (AvgIpc) is 3.13. The van der Waals surface area contributed by atoms with E-state index < -0.39 is 6.10 Å². The second-order valence-electron chi connectivity index (χ2n) is 6.47. The minimum atomic E-state index is -0.970. The van der Waals surface area contributed by atoms with Crippen LogP contribution in [0.5, 0.6) is 5.75 Å². The first-order valence-corrected chi connectivity index (χ1v) is 8.79. The maximum atomic E-state index is 13.2. The van der Waals surface area contributed by atoms with Crippen LogP contribution in [0, 0.1) is 0 Å². The molecule has 2 amide bonds. The van der Waals surface area contributed by atoms with Gasteiger partial charge >= 0.3 is 0 Å². The quantitative estimate of drug-likeness (QED) is 0.876. The van der Waals surface area contributed by atoms with Gasteiger partial charge in [0.2, 0.25) is 5.91 Å². The molecule has 0 bridgehead atoms. The lowest BCUT2D eigenvalue weighted by molar-refractivity contribution is -0.130. The summed E-state index contributed by atoms with van der Waals surface area (Å²) in [6.45, 7) is 4.85. The van der Waals surface area contributed by atoms with Gasteiger partial charge in [0.15, 0.2) is 5.76 Å². The fourth-order valence-corrected chi connectivity index (χ4v) is 3.12. The number of ether oxygens (including phenoxy) is 1. The molecule has 0 spiro atoms. The number of carbonyl (C=O) groups is 2. The van der Waals surface area contributed by atoms with Gasteiger partial charge in [-0.2, -0.15) is 0 Å². The maximum Gasteiger partial charge on any atom is 0.259 e. The zero-order valence-electron chi connectivity index (χ0n) is 15.6. The SMILES string of the molecule is COc1ccc(-c2noc([C@H](C)O)c2C(=O)N2CCN(C(C)=O)CC2)cc1. The highest BCUT2D eigenvalue weighted by molar-refractivity contribution is 6.01. The van der Waals surface area contributed by atoms with Crippen LogP contribution in [-0.2, 0) is 4.79 Å². The number of piperazine rings is 1. The Kier molecular flexibility index (Phi) is 5.46. The van der Waals surface area contributed by atoms with Gasteiger partial charge in [0.05, 0.1) is 7.11 Å². The number of nitrogens with zero attached hydrogens (tertiary/aromatic N) is 3. The van der Waals surface area contributed by atoms with Gasteiger partial charge in [0.1, 0.15) is 23.1 Å². The van der Waals surface area contributed by atoms with E-state index in [4.69, 9.17) is 9.26 Å². The number of aliphatic hydroxyl groups excluding tert-OH is 1. The molecule has 0 unspecified atom stereocenters. The van der Waals surface area contributed by atoms with Crippen molar-refractivity contribution in [2.45, 2.75) is 20.0 Å². The van der Waals surface area contributed by atoms with Gasteiger partial charge in [-0.15, -0.1) is 0 Å². The number of aromatic nitrogens is 1. The number of hydrogen-bond acceptors (Lipinski definition) is 6. The number of aliphatic hydroxyl groups is 1. The zero-order valence-corrected chi connectivity index (χ0v) is 15.6. The van der Waals surface area contributed by atoms with Crippen molar-refractivity contribution < 1.29 is 24.0 Å². The number of methoxy groups -OCH3 is 1. The molecule has 1 aliphatic heterocycles. The number of benzene rings is 1. The first kappa shape index (κ1) is 18.9. The van der Waals surface area contributed by atoms with Crippen molar-refractivity contribution in [2.24, 2.45) is 0 Å². The van der Waals surface area contributed by atoms with Crippen LogP contribution in [-0.4, -0.2) is 65.2 Å². The van der Waals surface area contributed by atoms with Crippen LogP contribution >= 0.6 is 0 Å². The molecule has 1 N–H and O–H groups in total. The summed E-state index contributed by atoms with van der Waals surface area (Å²) in [5.41, 5.74) is 1.33. The predicted molar refractivity (Wildman–Crippen MR) is 97.3 cm³/mol. The Balaban J connectivity index is 1.92. The molecule has 1 aliphatic rings. The second kappa shape index (κ2) is 7.79. The van der Waals surface area contributed by atoms with E-state index in [0.29, 0.717) is 43.2 Å². The van der Waals surface area contributed by atoms with Gasteiger partial charge in [0.25, 0.3) is 5.91 Å². The van der Waals surface area contributed by atoms with Crippen LogP contribution < -0.4 is 4.74 Å². The van der Waals surface area contributed by atoms with E-state index in [0.717, 1.165) is 0 Å². The van der Waals surface area contributed by atoms with E-state index in [9.17, 15) is 14.7 Å². The van der Waals surface area contributed by atoms with Crippen molar-refractivity contribution in [1.82, 2.24) is 15.0 Å². The molecule has 0 radical (unpaired) electrons. The Morgan fingerprint density at radius 2 is 1.74 bits per heavy atom. The van der Waals surface area contributed by atoms with Crippen LogP contribution in [0.4, 0.5) is 0 Å². The molecule has 2 aromatic rings. The van der Waals surface area contributed by atoms with Crippen LogP contribution in [0.25, 0.3) is 11.3 Å². The number of hydrogen-bond donors (Lipinski definition) is 1. The molecule has 1 aromatic heterocycles. The standard InChI is InChI=1S/C19H23N3O5/c1-12(23)18-16(19(25)22-10-8-21(9-11-22)13(2)24)17(20-27-18)14-4-6-15(26-3)7-5-14/h4-7,12,23H,8-11H2,1-3H3/t12-/m0/s1. The third-order valence-corrected chi connectivity index (χ3v) is 4.69. The van der Waals surface area contributed by atoms with Crippen molar-refractivity contribution in [3.63, 3.8) is 0 Å². The topological polar surface area (TPSA) is 96.1 Å². The van der Waals surface area contributed by atoms with Gasteiger partial charge in [-0.05, 0) is 31.2 Å². The number of carbonyl (C=O) groups excluding carboxylic acids is 2. The van der Waals surface area contributed by atoms with Crippen LogP contribution in [0.2, 0.25) is 0 Å². The molecule has 2 heterocycles. The molecule has 8 nitrogen and oxygen atoms in total. The van der Waals surface area contributed by atoms with Crippen LogP contribution in [0.1, 0.15) is 36.1 Å². The van der Waals surface area contributed by atoms with Gasteiger partial charge in [0, 0.05) is 38.7 Å². The predicted octanol–water partition coefficient (Wildman–Crippen LogP) is 1.71. The molecular formula is C19H23N3O5. The molecular weight excluding hydrogens is 350 g/mol. The lowest BCUT2D eigenvalue weighted by Gasteiger charge is -2.34. The summed E-state index contributed by atoms with van der Waals surface area (Å²) in [5.74, 6) is 0.558. The van der Waals surface area contributed by atoms with Gasteiger partial charge in [-0.1, -0.05) is 5.16 Å². The summed E-state index contributed by atoms with van der Waals surface area (Å²) in [4.78, 5) is 28.0. The summed E-state index contributed by atoms with van der Waals surface area (Å²) >= 11 is 0. The summed E-state index contributed by atoms with van der Waals surface area (Å²) in [5, 5.41) is 14.1. The number of rotatable bonds is 4. The molecule has 1 aromatic carbocycles. The largest absolute Gasteiger partial charge is 0.497 e. The van der Waals surface area contributed by atoms with E-state index in [1.165, 1.54) is 13.8 Å². The Hall–Kier alpha value is -2.87. The maximum absolute atomic E-state index is 13.2. The van der Waals surface area contributed by atoms with Crippen molar-refractivity contribution in [2.75, 3.05) is 33.3 Å². The van der Waals surface area contributed by atoms with E-state index in [1.54, 1.807) is 41.2 Å². The molecule has 1 saturated heterocycles. The first-order valence-electron chi connectivity index (χ1n) is 8.79. The Bertz CT molecular complexity index is 820. The molecule has 3 rings (SSSR count). The molecule has 144 valence electrons. The monoisotopic (exact) mass is 373 g/mol. The zero-order chi connectivity index (χ0) is 19.6. The highest BCUT2D eigenvalue weighted by Gasteiger charge is 2.31. The lowest BCUT2D eigenvalue weighted by atomic mass is 10.0. The summed E-state index contributed by atoms with van der Waals surface area (Å²) in [6.07, 6.45) is -0.970. The molecule has 0 aliphatic carbocycles. The smallest absolute Gasteiger partial charge is 0.259 e. The molecule has 1 fully saturated rings. The first-order chi connectivity index (χ1) is 12.9. The highest BCUT2D eigenvalue weighted by Crippen LogP contribution is 2.31. The molecule has 8 heteroatoms. The van der Waals surface area contributed by atoms with Crippen LogP contribution in [0.15, 0.2) is 28.8 Å². The number of amides is 2. The Morgan fingerprint density at radius 3 is 2.26 bits per heavy atom. The Morgan fingerprint density at radius 1 is 1.15 bits per heavy atom. The summed E-state index contributed by atoms with van der Waals surface area (Å²) in [6, 6.07) is 7.11. The summed E-state index contributed by atoms with van der Waals surface area (Å²) < 4.78 is 10.5. The normalized spacial score (nSPS) is 15.6. The van der Waals surface area contributed by atoms with Gasteiger partial charge in [-0.25, -0.2) is 0 Å². The van der Waals surface area contributed by atoms with E-state index in [2.05, 4.69) is 5.16 Å². The van der Waals surface area contributed by atoms with Gasteiger partial charge in [-0.3, -0.25) is 9.59 Å².